The number of hydrogen-bond acceptors (Lipinski definition) is 3. The number of amides is 1. The summed E-state index contributed by atoms with van der Waals surface area (Å²) >= 11 is 5.98. The summed E-state index contributed by atoms with van der Waals surface area (Å²) in [6.07, 6.45) is 4.29. The van der Waals surface area contributed by atoms with Gasteiger partial charge in [0, 0.05) is 29.7 Å². The second kappa shape index (κ2) is 8.12. The van der Waals surface area contributed by atoms with E-state index in [1.54, 1.807) is 6.07 Å². The van der Waals surface area contributed by atoms with Crippen molar-refractivity contribution in [3.63, 3.8) is 0 Å². The van der Waals surface area contributed by atoms with Crippen molar-refractivity contribution in [2.45, 2.75) is 52.1 Å². The van der Waals surface area contributed by atoms with E-state index >= 15 is 0 Å². The van der Waals surface area contributed by atoms with Crippen LogP contribution in [0.4, 0.5) is 0 Å². The van der Waals surface area contributed by atoms with Gasteiger partial charge in [-0.1, -0.05) is 18.5 Å². The average molecular weight is 376 g/mol. The molecule has 0 aliphatic carbocycles. The number of ether oxygens (including phenoxy) is 1. The van der Waals surface area contributed by atoms with E-state index in [0.29, 0.717) is 16.7 Å². The minimum absolute atomic E-state index is 0.0399. The SMILES string of the molecule is CCc1cn[nH]c1C1CCN(C(=O)[C@@H](C)Oc2ccc(Cl)cc2C)CC1. The highest BCUT2D eigenvalue weighted by molar-refractivity contribution is 6.30. The number of likely N-dealkylation sites (tertiary alicyclic amines) is 1. The molecule has 1 aliphatic rings. The number of benzene rings is 1. The van der Waals surface area contributed by atoms with Gasteiger partial charge in [0.1, 0.15) is 5.75 Å². The van der Waals surface area contributed by atoms with Crippen molar-refractivity contribution in [1.82, 2.24) is 15.1 Å². The lowest BCUT2D eigenvalue weighted by atomic mass is 9.90. The van der Waals surface area contributed by atoms with Crippen LogP contribution in [0.3, 0.4) is 0 Å². The molecule has 1 N–H and O–H groups in total. The van der Waals surface area contributed by atoms with Crippen molar-refractivity contribution in [3.05, 3.63) is 46.2 Å². The quantitative estimate of drug-likeness (QED) is 0.855. The molecule has 1 aromatic heterocycles. The topological polar surface area (TPSA) is 58.2 Å². The number of piperidine rings is 1. The van der Waals surface area contributed by atoms with Gasteiger partial charge in [-0.2, -0.15) is 5.10 Å². The number of aryl methyl sites for hydroxylation is 2. The molecule has 0 bridgehead atoms. The lowest BCUT2D eigenvalue weighted by Gasteiger charge is -2.33. The molecule has 6 heteroatoms. The zero-order valence-electron chi connectivity index (χ0n) is 15.6. The van der Waals surface area contributed by atoms with Crippen LogP contribution in [0.5, 0.6) is 5.75 Å². The van der Waals surface area contributed by atoms with Gasteiger partial charge in [-0.3, -0.25) is 9.89 Å². The lowest BCUT2D eigenvalue weighted by molar-refractivity contribution is -0.139. The van der Waals surface area contributed by atoms with Gasteiger partial charge in [0.25, 0.3) is 5.91 Å². The molecule has 3 rings (SSSR count). The van der Waals surface area contributed by atoms with Gasteiger partial charge in [0.2, 0.25) is 0 Å². The fraction of sp³-hybridized carbons (Fsp3) is 0.500. The van der Waals surface area contributed by atoms with Crippen molar-refractivity contribution in [3.8, 4) is 5.75 Å². The molecule has 1 fully saturated rings. The Bertz CT molecular complexity index is 766. The van der Waals surface area contributed by atoms with E-state index in [-0.39, 0.29) is 5.91 Å². The smallest absolute Gasteiger partial charge is 0.263 e. The van der Waals surface area contributed by atoms with E-state index in [1.807, 2.05) is 37.1 Å². The Balaban J connectivity index is 1.57. The Morgan fingerprint density at radius 2 is 2.15 bits per heavy atom. The normalized spacial score (nSPS) is 16.5. The zero-order chi connectivity index (χ0) is 18.7. The van der Waals surface area contributed by atoms with E-state index < -0.39 is 6.10 Å². The van der Waals surface area contributed by atoms with Crippen LogP contribution in [0.15, 0.2) is 24.4 Å². The van der Waals surface area contributed by atoms with E-state index in [4.69, 9.17) is 16.3 Å². The van der Waals surface area contributed by atoms with Crippen LogP contribution < -0.4 is 4.74 Å². The van der Waals surface area contributed by atoms with Crippen molar-refractivity contribution in [2.24, 2.45) is 0 Å². The van der Waals surface area contributed by atoms with Crippen LogP contribution in [-0.2, 0) is 11.2 Å². The molecule has 1 aliphatic heterocycles. The minimum atomic E-state index is -0.509. The Hall–Kier alpha value is -2.01. The molecule has 2 aromatic rings. The average Bonchev–Trinajstić information content (AvgIpc) is 3.12. The minimum Gasteiger partial charge on any atom is -0.481 e. The molecular formula is C20H26ClN3O2. The number of carbonyl (C=O) groups excluding carboxylic acids is 1. The summed E-state index contributed by atoms with van der Waals surface area (Å²) in [5.41, 5.74) is 3.45. The summed E-state index contributed by atoms with van der Waals surface area (Å²) < 4.78 is 5.88. The number of hydrogen-bond donors (Lipinski definition) is 1. The number of aromatic amines is 1. The number of H-pyrrole nitrogens is 1. The molecule has 0 radical (unpaired) electrons. The molecule has 1 aromatic carbocycles. The highest BCUT2D eigenvalue weighted by Gasteiger charge is 2.29. The Morgan fingerprint density at radius 1 is 1.42 bits per heavy atom. The predicted octanol–water partition coefficient (Wildman–Crippen LogP) is 4.11. The second-order valence-corrected chi connectivity index (χ2v) is 7.37. The highest BCUT2D eigenvalue weighted by atomic mass is 35.5. The first-order valence-corrected chi connectivity index (χ1v) is 9.61. The Labute approximate surface area is 159 Å². The monoisotopic (exact) mass is 375 g/mol. The molecule has 26 heavy (non-hydrogen) atoms. The van der Waals surface area contributed by atoms with Crippen LogP contribution >= 0.6 is 11.6 Å². The standard InChI is InChI=1S/C20H26ClN3O2/c1-4-15-12-22-23-19(15)16-7-9-24(10-8-16)20(25)14(3)26-18-6-5-17(21)11-13(18)2/h5-6,11-12,14,16H,4,7-10H2,1-3H3,(H,22,23)/t14-/m1/s1. The Kier molecular flexibility index (Phi) is 5.87. The van der Waals surface area contributed by atoms with E-state index in [9.17, 15) is 4.79 Å². The lowest BCUT2D eigenvalue weighted by Crippen LogP contribution is -2.44. The van der Waals surface area contributed by atoms with Crippen LogP contribution in [0, 0.1) is 6.92 Å². The molecule has 140 valence electrons. The van der Waals surface area contributed by atoms with Gasteiger partial charge in [-0.25, -0.2) is 0 Å². The van der Waals surface area contributed by atoms with E-state index in [2.05, 4.69) is 17.1 Å². The fourth-order valence-electron chi connectivity index (χ4n) is 3.59. The highest BCUT2D eigenvalue weighted by Crippen LogP contribution is 2.30. The van der Waals surface area contributed by atoms with Gasteiger partial charge >= 0.3 is 0 Å². The number of nitrogens with zero attached hydrogens (tertiary/aromatic N) is 2. The molecule has 1 atom stereocenters. The number of rotatable bonds is 5. The first-order valence-electron chi connectivity index (χ1n) is 9.23. The van der Waals surface area contributed by atoms with Gasteiger partial charge in [-0.15, -0.1) is 0 Å². The van der Waals surface area contributed by atoms with Crippen LogP contribution in [-0.4, -0.2) is 40.2 Å². The van der Waals surface area contributed by atoms with Gasteiger partial charge < -0.3 is 9.64 Å². The van der Waals surface area contributed by atoms with Crippen molar-refractivity contribution < 1.29 is 9.53 Å². The number of halogens is 1. The maximum Gasteiger partial charge on any atom is 0.263 e. The number of carbonyl (C=O) groups is 1. The maximum atomic E-state index is 12.8. The van der Waals surface area contributed by atoms with E-state index in [0.717, 1.165) is 37.9 Å². The first-order chi connectivity index (χ1) is 12.5. The largest absolute Gasteiger partial charge is 0.481 e. The maximum absolute atomic E-state index is 12.8. The molecule has 2 heterocycles. The van der Waals surface area contributed by atoms with Crippen molar-refractivity contribution in [2.75, 3.05) is 13.1 Å². The summed E-state index contributed by atoms with van der Waals surface area (Å²) in [5.74, 6) is 1.19. The third-order valence-electron chi connectivity index (χ3n) is 5.14. The third-order valence-corrected chi connectivity index (χ3v) is 5.37. The zero-order valence-corrected chi connectivity index (χ0v) is 16.3. The predicted molar refractivity (Wildman–Crippen MR) is 103 cm³/mol. The molecular weight excluding hydrogens is 350 g/mol. The molecule has 5 nitrogen and oxygen atoms in total. The first kappa shape index (κ1) is 18.8. The summed E-state index contributed by atoms with van der Waals surface area (Å²) in [6, 6.07) is 5.44. The molecule has 0 saturated carbocycles. The molecule has 0 spiro atoms. The van der Waals surface area contributed by atoms with Crippen LogP contribution in [0.25, 0.3) is 0 Å². The van der Waals surface area contributed by atoms with Gasteiger partial charge in [0.05, 0.1) is 6.20 Å². The number of aromatic nitrogens is 2. The summed E-state index contributed by atoms with van der Waals surface area (Å²) in [6.45, 7) is 7.38. The van der Waals surface area contributed by atoms with E-state index in [1.165, 1.54) is 11.3 Å². The molecule has 0 unspecified atom stereocenters. The van der Waals surface area contributed by atoms with Crippen molar-refractivity contribution in [1.29, 1.82) is 0 Å². The summed E-state index contributed by atoms with van der Waals surface area (Å²) in [7, 11) is 0. The Morgan fingerprint density at radius 3 is 2.81 bits per heavy atom. The summed E-state index contributed by atoms with van der Waals surface area (Å²) in [4.78, 5) is 14.7. The van der Waals surface area contributed by atoms with Crippen LogP contribution in [0.2, 0.25) is 5.02 Å². The van der Waals surface area contributed by atoms with Gasteiger partial charge in [0.15, 0.2) is 6.10 Å². The second-order valence-electron chi connectivity index (χ2n) is 6.93. The molecule has 1 saturated heterocycles. The van der Waals surface area contributed by atoms with Crippen LogP contribution in [0.1, 0.15) is 49.4 Å². The fourth-order valence-corrected chi connectivity index (χ4v) is 3.81. The summed E-state index contributed by atoms with van der Waals surface area (Å²) in [5, 5.41) is 7.99. The number of nitrogens with one attached hydrogen (secondary N) is 1. The van der Waals surface area contributed by atoms with Crippen molar-refractivity contribution >= 4 is 17.5 Å². The van der Waals surface area contributed by atoms with Gasteiger partial charge in [-0.05, 0) is 62.4 Å². The third kappa shape index (κ3) is 4.04. The molecule has 1 amide bonds.